The maximum Gasteiger partial charge on any atom is 0.299 e. The Bertz CT molecular complexity index is 1290. The average Bonchev–Trinajstić information content (AvgIpc) is 3.33. The number of ether oxygens (including phenoxy) is 2. The highest BCUT2D eigenvalue weighted by Crippen LogP contribution is 2.33. The Kier molecular flexibility index (Phi) is 6.38. The Hall–Kier alpha value is -3.77. The lowest BCUT2D eigenvalue weighted by Gasteiger charge is -2.17. The fraction of sp³-hybridized carbons (Fsp3) is 0.292. The van der Waals surface area contributed by atoms with Crippen LogP contribution in [-0.4, -0.2) is 35.9 Å². The molecule has 1 fully saturated rings. The number of halogens is 2. The van der Waals surface area contributed by atoms with E-state index in [4.69, 9.17) is 16.0 Å². The number of hydrogen-bond acceptors (Lipinski definition) is 5. The molecule has 1 N–H and O–H groups in total. The molecule has 2 aromatic carbocycles. The predicted molar refractivity (Wildman–Crippen MR) is 120 cm³/mol. The van der Waals surface area contributed by atoms with Crippen LogP contribution in [0.25, 0.3) is 27.2 Å². The molecule has 0 radical (unpaired) electrons. The molecule has 33 heavy (non-hydrogen) atoms. The number of benzene rings is 2. The average molecular weight is 452 g/mol. The maximum atomic E-state index is 14.5. The van der Waals surface area contributed by atoms with Crippen molar-refractivity contribution in [3.05, 3.63) is 69.8 Å². The minimum atomic E-state index is -0.741. The summed E-state index contributed by atoms with van der Waals surface area (Å²) in [5.74, 6) is -1.36. The summed E-state index contributed by atoms with van der Waals surface area (Å²) in [6.45, 7) is 8.29. The number of aromatic nitrogens is 2. The van der Waals surface area contributed by atoms with Gasteiger partial charge in [0.05, 0.1) is 24.9 Å². The third kappa shape index (κ3) is 4.43. The van der Waals surface area contributed by atoms with Crippen LogP contribution >= 0.6 is 0 Å². The second kappa shape index (κ2) is 9.38. The van der Waals surface area contributed by atoms with Gasteiger partial charge in [0.2, 0.25) is 5.69 Å². The van der Waals surface area contributed by atoms with Crippen LogP contribution < -0.4 is 20.3 Å². The van der Waals surface area contributed by atoms with E-state index in [-0.39, 0.29) is 45.9 Å². The second-order valence-corrected chi connectivity index (χ2v) is 7.71. The SMILES string of the molecule is [C-]#[N+]c1ccc(-c2nc(OCC3CCCN3)n(C)c(=O)c2-c2ccc(OC)c(F)c2)cc1F. The van der Waals surface area contributed by atoms with Crippen LogP contribution in [0.5, 0.6) is 11.8 Å². The fourth-order valence-corrected chi connectivity index (χ4v) is 3.82. The molecular formula is C24H22F2N4O3. The molecule has 9 heteroatoms. The first-order valence-corrected chi connectivity index (χ1v) is 10.4. The van der Waals surface area contributed by atoms with E-state index >= 15 is 0 Å². The van der Waals surface area contributed by atoms with Crippen molar-refractivity contribution in [2.45, 2.75) is 18.9 Å². The zero-order chi connectivity index (χ0) is 23.5. The standard InChI is InChI=1S/C24H22F2N4O3/c1-27-19-8-6-15(12-17(19)25)22-21(14-7-9-20(32-3)18(26)11-14)23(31)30(2)24(29-22)33-13-16-5-4-10-28-16/h6-9,11-12,16,28H,4-5,10,13H2,2-3H3. The molecular weight excluding hydrogens is 430 g/mol. The van der Waals surface area contributed by atoms with Crippen LogP contribution in [0.3, 0.4) is 0 Å². The molecule has 1 atom stereocenters. The smallest absolute Gasteiger partial charge is 0.299 e. The molecule has 0 amide bonds. The van der Waals surface area contributed by atoms with Gasteiger partial charge in [-0.25, -0.2) is 13.6 Å². The van der Waals surface area contributed by atoms with Gasteiger partial charge in [0.1, 0.15) is 12.4 Å². The zero-order valence-electron chi connectivity index (χ0n) is 18.2. The predicted octanol–water partition coefficient (Wildman–Crippen LogP) is 4.08. The van der Waals surface area contributed by atoms with Gasteiger partial charge in [0.25, 0.3) is 11.6 Å². The quantitative estimate of drug-likeness (QED) is 0.571. The topological polar surface area (TPSA) is 69.7 Å². The van der Waals surface area contributed by atoms with Gasteiger partial charge in [-0.05, 0) is 43.1 Å². The maximum absolute atomic E-state index is 14.5. The number of hydrogen-bond donors (Lipinski definition) is 1. The van der Waals surface area contributed by atoms with Gasteiger partial charge >= 0.3 is 0 Å². The summed E-state index contributed by atoms with van der Waals surface area (Å²) in [5, 5.41) is 3.31. The number of nitrogens with zero attached hydrogens (tertiary/aromatic N) is 3. The van der Waals surface area contributed by atoms with Gasteiger partial charge in [-0.15, -0.1) is 0 Å². The third-order valence-corrected chi connectivity index (χ3v) is 5.61. The highest BCUT2D eigenvalue weighted by atomic mass is 19.1. The van der Waals surface area contributed by atoms with Crippen LogP contribution in [0.15, 0.2) is 41.2 Å². The first kappa shape index (κ1) is 22.4. The number of rotatable bonds is 6. The Morgan fingerprint density at radius 1 is 1.21 bits per heavy atom. The van der Waals surface area contributed by atoms with E-state index in [0.29, 0.717) is 6.61 Å². The van der Waals surface area contributed by atoms with Crippen molar-refractivity contribution < 1.29 is 18.3 Å². The monoisotopic (exact) mass is 452 g/mol. The lowest BCUT2D eigenvalue weighted by molar-refractivity contribution is 0.246. The molecule has 4 rings (SSSR count). The van der Waals surface area contributed by atoms with Crippen LogP contribution in [0, 0.1) is 18.2 Å². The largest absolute Gasteiger partial charge is 0.494 e. The van der Waals surface area contributed by atoms with Crippen LogP contribution in [-0.2, 0) is 7.05 Å². The van der Waals surface area contributed by atoms with Crippen molar-refractivity contribution in [3.63, 3.8) is 0 Å². The third-order valence-electron chi connectivity index (χ3n) is 5.61. The summed E-state index contributed by atoms with van der Waals surface area (Å²) in [4.78, 5) is 21.0. The van der Waals surface area contributed by atoms with Crippen LogP contribution in [0.1, 0.15) is 12.8 Å². The molecule has 0 spiro atoms. The summed E-state index contributed by atoms with van der Waals surface area (Å²) in [7, 11) is 2.86. The minimum absolute atomic E-state index is 0.0292. The Labute approximate surface area is 189 Å². The van der Waals surface area contributed by atoms with Gasteiger partial charge in [-0.1, -0.05) is 18.2 Å². The highest BCUT2D eigenvalue weighted by Gasteiger charge is 2.22. The normalized spacial score (nSPS) is 15.3. The van der Waals surface area contributed by atoms with Crippen LogP contribution in [0.2, 0.25) is 0 Å². The first-order chi connectivity index (χ1) is 15.9. The van der Waals surface area contributed by atoms with Crippen molar-refractivity contribution in [2.24, 2.45) is 7.05 Å². The Balaban J connectivity index is 1.88. The fourth-order valence-electron chi connectivity index (χ4n) is 3.82. The molecule has 3 aromatic rings. The molecule has 1 saturated heterocycles. The zero-order valence-corrected chi connectivity index (χ0v) is 18.2. The lowest BCUT2D eigenvalue weighted by atomic mass is 9.99. The van der Waals surface area contributed by atoms with E-state index in [0.717, 1.165) is 25.5 Å². The molecule has 0 saturated carbocycles. The van der Waals surface area contributed by atoms with E-state index in [2.05, 4.69) is 15.1 Å². The summed E-state index contributed by atoms with van der Waals surface area (Å²) in [5.41, 5.74) is 0.118. The van der Waals surface area contributed by atoms with E-state index in [1.165, 1.54) is 49.1 Å². The Morgan fingerprint density at radius 3 is 2.61 bits per heavy atom. The van der Waals surface area contributed by atoms with Gasteiger partial charge in [0, 0.05) is 18.7 Å². The molecule has 0 bridgehead atoms. The molecule has 1 aromatic heterocycles. The van der Waals surface area contributed by atoms with Crippen molar-refractivity contribution in [2.75, 3.05) is 20.3 Å². The second-order valence-electron chi connectivity index (χ2n) is 7.71. The Morgan fingerprint density at radius 2 is 1.97 bits per heavy atom. The highest BCUT2D eigenvalue weighted by molar-refractivity contribution is 5.81. The van der Waals surface area contributed by atoms with E-state index in [1.807, 2.05) is 0 Å². The molecule has 1 aliphatic rings. The van der Waals surface area contributed by atoms with Gasteiger partial charge in [0.15, 0.2) is 11.6 Å². The number of nitrogens with one attached hydrogen (secondary N) is 1. The van der Waals surface area contributed by atoms with Crippen molar-refractivity contribution in [1.82, 2.24) is 14.9 Å². The summed E-state index contributed by atoms with van der Waals surface area (Å²) >= 11 is 0. The van der Waals surface area contributed by atoms with Crippen molar-refractivity contribution >= 4 is 5.69 Å². The molecule has 170 valence electrons. The molecule has 0 aliphatic carbocycles. The van der Waals surface area contributed by atoms with Gasteiger partial charge in [-0.2, -0.15) is 4.98 Å². The lowest BCUT2D eigenvalue weighted by Crippen LogP contribution is -2.30. The van der Waals surface area contributed by atoms with E-state index < -0.39 is 17.2 Å². The molecule has 2 heterocycles. The van der Waals surface area contributed by atoms with Gasteiger partial charge < -0.3 is 14.8 Å². The van der Waals surface area contributed by atoms with E-state index in [9.17, 15) is 13.6 Å². The van der Waals surface area contributed by atoms with E-state index in [1.54, 1.807) is 0 Å². The van der Waals surface area contributed by atoms with Crippen molar-refractivity contribution in [1.29, 1.82) is 0 Å². The summed E-state index contributed by atoms with van der Waals surface area (Å²) in [6.07, 6.45) is 1.99. The minimum Gasteiger partial charge on any atom is -0.494 e. The van der Waals surface area contributed by atoms with Gasteiger partial charge in [-0.3, -0.25) is 9.36 Å². The van der Waals surface area contributed by atoms with Crippen molar-refractivity contribution in [3.8, 4) is 34.1 Å². The first-order valence-electron chi connectivity index (χ1n) is 10.4. The van der Waals surface area contributed by atoms with Crippen LogP contribution in [0.4, 0.5) is 14.5 Å². The summed E-state index contributed by atoms with van der Waals surface area (Å²) in [6, 6.07) is 8.30. The molecule has 1 unspecified atom stereocenters. The summed E-state index contributed by atoms with van der Waals surface area (Å²) < 4.78 is 40.9. The molecule has 1 aliphatic heterocycles. The number of methoxy groups -OCH3 is 1. The molecule has 7 nitrogen and oxygen atoms in total.